The van der Waals surface area contributed by atoms with Crippen LogP contribution in [-0.4, -0.2) is 63.8 Å². The van der Waals surface area contributed by atoms with Crippen LogP contribution in [0.3, 0.4) is 0 Å². The maximum absolute atomic E-state index is 13.2. The van der Waals surface area contributed by atoms with E-state index in [-0.39, 0.29) is 32.8 Å². The minimum absolute atomic E-state index is 0.0411. The summed E-state index contributed by atoms with van der Waals surface area (Å²) in [5, 5.41) is -0.519. The number of ether oxygens (including phenoxy) is 1. The van der Waals surface area contributed by atoms with Gasteiger partial charge < -0.3 is 18.6 Å². The standard InChI is InChI=1S/C24H36F3NO8SSi/c1-6-34-35-17-19-15-28(22(29)33-16-18-10-8-7-9-11-18)20(12-13-23(2,3)38(4,5)32)14-21(19)36-37(30,31)24(25,26)27/h7-11,14,19-20,32H,6,12-13,15-17H2,1-5H3. The highest BCUT2D eigenvalue weighted by atomic mass is 32.2. The van der Waals surface area contributed by atoms with E-state index in [4.69, 9.17) is 14.5 Å². The molecule has 1 N–H and O–H groups in total. The lowest BCUT2D eigenvalue weighted by atomic mass is 9.94. The first-order chi connectivity index (χ1) is 17.5. The topological polar surface area (TPSA) is 112 Å². The van der Waals surface area contributed by atoms with Crippen LogP contribution < -0.4 is 0 Å². The summed E-state index contributed by atoms with van der Waals surface area (Å²) in [4.78, 5) is 35.0. The summed E-state index contributed by atoms with van der Waals surface area (Å²) in [7, 11) is -8.63. The molecule has 1 aliphatic rings. The lowest BCUT2D eigenvalue weighted by Gasteiger charge is -2.40. The second-order valence-corrected chi connectivity index (χ2v) is 16.2. The molecule has 1 amide bonds. The van der Waals surface area contributed by atoms with Crippen LogP contribution in [0, 0.1) is 5.92 Å². The van der Waals surface area contributed by atoms with Crippen LogP contribution in [-0.2, 0) is 35.4 Å². The van der Waals surface area contributed by atoms with Crippen molar-refractivity contribution >= 4 is 24.5 Å². The van der Waals surface area contributed by atoms with Crippen LogP contribution in [0.4, 0.5) is 18.0 Å². The van der Waals surface area contributed by atoms with E-state index in [1.807, 2.05) is 19.9 Å². The van der Waals surface area contributed by atoms with Gasteiger partial charge >= 0.3 is 21.7 Å². The number of amides is 1. The van der Waals surface area contributed by atoms with Crippen LogP contribution in [0.5, 0.6) is 0 Å². The Hall–Kier alpha value is -2.13. The predicted molar refractivity (Wildman–Crippen MR) is 135 cm³/mol. The van der Waals surface area contributed by atoms with Crippen molar-refractivity contribution in [2.45, 2.75) is 69.9 Å². The molecular weight excluding hydrogens is 547 g/mol. The molecule has 2 atom stereocenters. The smallest absolute Gasteiger partial charge is 0.445 e. The first kappa shape index (κ1) is 32.1. The molecule has 0 bridgehead atoms. The number of halogens is 3. The third-order valence-corrected chi connectivity index (χ3v) is 11.2. The molecule has 0 aromatic heterocycles. The molecule has 0 fully saturated rings. The minimum atomic E-state index is -5.97. The summed E-state index contributed by atoms with van der Waals surface area (Å²) in [6.07, 6.45) is 1.04. The molecule has 38 heavy (non-hydrogen) atoms. The fraction of sp³-hybridized carbons (Fsp3) is 0.625. The Bertz CT molecular complexity index is 1060. The van der Waals surface area contributed by atoms with Gasteiger partial charge in [-0.15, -0.1) is 0 Å². The lowest BCUT2D eigenvalue weighted by molar-refractivity contribution is -0.297. The van der Waals surface area contributed by atoms with Crippen LogP contribution in [0.25, 0.3) is 0 Å². The molecule has 1 aromatic carbocycles. The molecule has 2 unspecified atom stereocenters. The summed E-state index contributed by atoms with van der Waals surface area (Å²) in [5.74, 6) is -1.59. The second-order valence-electron chi connectivity index (χ2n) is 10.2. The summed E-state index contributed by atoms with van der Waals surface area (Å²) in [5.41, 5.74) is -4.91. The van der Waals surface area contributed by atoms with E-state index in [0.29, 0.717) is 6.42 Å². The summed E-state index contributed by atoms with van der Waals surface area (Å²) in [6, 6.07) is 8.04. The molecule has 0 radical (unpaired) electrons. The summed E-state index contributed by atoms with van der Waals surface area (Å²) < 4.78 is 73.0. The number of carbonyl (C=O) groups is 1. The van der Waals surface area contributed by atoms with Gasteiger partial charge in [0.1, 0.15) is 12.4 Å². The van der Waals surface area contributed by atoms with Gasteiger partial charge in [-0.2, -0.15) is 21.6 Å². The van der Waals surface area contributed by atoms with Gasteiger partial charge in [0.15, 0.2) is 8.32 Å². The third kappa shape index (κ3) is 8.69. The van der Waals surface area contributed by atoms with Gasteiger partial charge in [0.25, 0.3) is 0 Å². The van der Waals surface area contributed by atoms with E-state index >= 15 is 0 Å². The van der Waals surface area contributed by atoms with Crippen molar-refractivity contribution < 1.29 is 49.9 Å². The Morgan fingerprint density at radius 3 is 2.34 bits per heavy atom. The number of alkyl halides is 3. The lowest BCUT2D eigenvalue weighted by Crippen LogP contribution is -2.48. The molecule has 0 aliphatic carbocycles. The average Bonchev–Trinajstić information content (AvgIpc) is 2.81. The van der Waals surface area contributed by atoms with E-state index in [1.165, 1.54) is 11.0 Å². The highest BCUT2D eigenvalue weighted by Crippen LogP contribution is 2.42. The van der Waals surface area contributed by atoms with Crippen molar-refractivity contribution in [1.29, 1.82) is 0 Å². The van der Waals surface area contributed by atoms with Gasteiger partial charge in [-0.1, -0.05) is 44.2 Å². The Morgan fingerprint density at radius 2 is 1.79 bits per heavy atom. The molecule has 216 valence electrons. The third-order valence-electron chi connectivity index (χ3n) is 6.70. The van der Waals surface area contributed by atoms with Crippen molar-refractivity contribution in [3.63, 3.8) is 0 Å². The first-order valence-corrected chi connectivity index (χ1v) is 16.5. The van der Waals surface area contributed by atoms with Gasteiger partial charge in [0, 0.05) is 6.54 Å². The molecule has 0 saturated carbocycles. The van der Waals surface area contributed by atoms with Crippen molar-refractivity contribution in [3.8, 4) is 0 Å². The zero-order valence-corrected chi connectivity index (χ0v) is 24.0. The average molecular weight is 584 g/mol. The molecular formula is C24H36F3NO8SSi. The number of benzene rings is 1. The molecule has 0 saturated heterocycles. The van der Waals surface area contributed by atoms with Crippen molar-refractivity contribution in [2.75, 3.05) is 19.8 Å². The monoisotopic (exact) mass is 583 g/mol. The fourth-order valence-electron chi connectivity index (χ4n) is 3.56. The van der Waals surface area contributed by atoms with E-state index in [9.17, 15) is 31.2 Å². The number of hydrogen-bond donors (Lipinski definition) is 1. The molecule has 2 rings (SSSR count). The van der Waals surface area contributed by atoms with E-state index in [0.717, 1.165) is 5.56 Å². The zero-order valence-electron chi connectivity index (χ0n) is 22.2. The van der Waals surface area contributed by atoms with E-state index in [1.54, 1.807) is 44.3 Å². The van der Waals surface area contributed by atoms with Crippen LogP contribution in [0.15, 0.2) is 42.2 Å². The molecule has 1 aromatic rings. The van der Waals surface area contributed by atoms with Crippen LogP contribution in [0.2, 0.25) is 18.1 Å². The van der Waals surface area contributed by atoms with Crippen LogP contribution >= 0.6 is 0 Å². The maximum Gasteiger partial charge on any atom is 0.534 e. The van der Waals surface area contributed by atoms with Crippen molar-refractivity contribution in [1.82, 2.24) is 4.90 Å². The number of nitrogens with zero attached hydrogens (tertiary/aromatic N) is 1. The molecule has 14 heteroatoms. The Kier molecular flexibility index (Phi) is 10.8. The highest BCUT2D eigenvalue weighted by molar-refractivity contribution is 7.87. The molecule has 1 heterocycles. The van der Waals surface area contributed by atoms with Crippen molar-refractivity contribution in [3.05, 3.63) is 47.7 Å². The van der Waals surface area contributed by atoms with Crippen molar-refractivity contribution in [2.24, 2.45) is 5.92 Å². The molecule has 9 nitrogen and oxygen atoms in total. The highest BCUT2D eigenvalue weighted by Gasteiger charge is 2.50. The van der Waals surface area contributed by atoms with Gasteiger partial charge in [-0.05, 0) is 49.5 Å². The molecule has 0 spiro atoms. The Morgan fingerprint density at radius 1 is 1.16 bits per heavy atom. The summed E-state index contributed by atoms with van der Waals surface area (Å²) >= 11 is 0. The summed E-state index contributed by atoms with van der Waals surface area (Å²) in [6.45, 7) is 8.37. The number of hydrogen-bond acceptors (Lipinski definition) is 8. The Labute approximate surface area is 222 Å². The quantitative estimate of drug-likeness (QED) is 0.0904. The molecule has 1 aliphatic heterocycles. The maximum atomic E-state index is 13.2. The van der Waals surface area contributed by atoms with Crippen LogP contribution in [0.1, 0.15) is 39.2 Å². The Balaban J connectivity index is 2.40. The van der Waals surface area contributed by atoms with Gasteiger partial charge in [0.2, 0.25) is 0 Å². The first-order valence-electron chi connectivity index (χ1n) is 12.1. The van der Waals surface area contributed by atoms with Gasteiger partial charge in [-0.25, -0.2) is 14.6 Å². The largest absolute Gasteiger partial charge is 0.534 e. The van der Waals surface area contributed by atoms with E-state index < -0.39 is 52.8 Å². The minimum Gasteiger partial charge on any atom is -0.445 e. The van der Waals surface area contributed by atoms with Gasteiger partial charge in [-0.3, -0.25) is 0 Å². The number of rotatable bonds is 12. The SMILES string of the molecule is CCOOCC1CN(C(=O)OCc2ccccc2)C(CCC(C)(C)[Si](C)(C)O)C=C1OS(=O)(=O)C(F)(F)F. The van der Waals surface area contributed by atoms with Gasteiger partial charge in [0.05, 0.1) is 25.2 Å². The number of carbonyl (C=O) groups excluding carboxylic acids is 1. The normalized spacial score (nSPS) is 19.2. The van der Waals surface area contributed by atoms with E-state index in [2.05, 4.69) is 4.18 Å². The second kappa shape index (κ2) is 12.8. The zero-order chi connectivity index (χ0) is 28.8. The fourth-order valence-corrected chi connectivity index (χ4v) is 4.86. The predicted octanol–water partition coefficient (Wildman–Crippen LogP) is 5.10.